The Bertz CT molecular complexity index is 552. The highest BCUT2D eigenvalue weighted by molar-refractivity contribution is 5.58. The Labute approximate surface area is 89.5 Å². The van der Waals surface area contributed by atoms with Gasteiger partial charge in [0.1, 0.15) is 12.1 Å². The lowest BCUT2D eigenvalue weighted by Gasteiger charge is -2.01. The van der Waals surface area contributed by atoms with Crippen LogP contribution in [0.5, 0.6) is 0 Å². The van der Waals surface area contributed by atoms with Crippen LogP contribution in [0.1, 0.15) is 0 Å². The highest BCUT2D eigenvalue weighted by atomic mass is 19.1. The monoisotopic (exact) mass is 222 g/mol. The van der Waals surface area contributed by atoms with Gasteiger partial charge in [0.25, 0.3) is 5.69 Å². The third-order valence-corrected chi connectivity index (χ3v) is 2.12. The third kappa shape index (κ3) is 1.62. The van der Waals surface area contributed by atoms with Crippen LogP contribution in [-0.4, -0.2) is 19.7 Å². The second kappa shape index (κ2) is 3.69. The second-order valence-electron chi connectivity index (χ2n) is 3.19. The number of aromatic nitrogens is 3. The molecule has 0 amide bonds. The molecular weight excluding hydrogens is 215 g/mol. The van der Waals surface area contributed by atoms with E-state index in [1.165, 1.54) is 23.0 Å². The number of nitro groups is 1. The predicted octanol–water partition coefficient (Wildman–Crippen LogP) is 1.53. The Morgan fingerprint density at radius 2 is 2.25 bits per heavy atom. The highest BCUT2D eigenvalue weighted by Gasteiger charge is 2.14. The van der Waals surface area contributed by atoms with Gasteiger partial charge in [0.05, 0.1) is 16.6 Å². The molecule has 82 valence electrons. The number of nitro benzene ring substituents is 1. The normalized spacial score (nSPS) is 10.4. The quantitative estimate of drug-likeness (QED) is 0.570. The second-order valence-corrected chi connectivity index (χ2v) is 3.19. The Morgan fingerprint density at radius 1 is 1.50 bits per heavy atom. The fourth-order valence-electron chi connectivity index (χ4n) is 1.33. The number of non-ortho nitro benzene ring substituents is 1. The molecule has 0 aliphatic heterocycles. The zero-order valence-corrected chi connectivity index (χ0v) is 8.29. The molecule has 0 saturated carbocycles. The van der Waals surface area contributed by atoms with Crippen molar-refractivity contribution in [2.45, 2.75) is 0 Å². The minimum atomic E-state index is -0.690. The van der Waals surface area contributed by atoms with E-state index in [2.05, 4.69) is 10.2 Å². The molecule has 0 N–H and O–H groups in total. The predicted molar refractivity (Wildman–Crippen MR) is 53.1 cm³/mol. The number of halogens is 1. The van der Waals surface area contributed by atoms with Crippen molar-refractivity contribution in [2.75, 3.05) is 0 Å². The molecule has 6 nitrogen and oxygen atoms in total. The molecule has 0 atom stereocenters. The van der Waals surface area contributed by atoms with Gasteiger partial charge in [-0.15, -0.1) is 10.2 Å². The Morgan fingerprint density at radius 3 is 2.75 bits per heavy atom. The maximum Gasteiger partial charge on any atom is 0.272 e. The molecule has 16 heavy (non-hydrogen) atoms. The number of hydrogen-bond acceptors (Lipinski definition) is 4. The number of hydrogen-bond donors (Lipinski definition) is 0. The largest absolute Gasteiger partial charge is 0.317 e. The summed E-state index contributed by atoms with van der Waals surface area (Å²) in [6, 6.07) is 3.41. The summed E-state index contributed by atoms with van der Waals surface area (Å²) >= 11 is 0. The lowest BCUT2D eigenvalue weighted by atomic mass is 10.2. The number of aryl methyl sites for hydroxylation is 1. The van der Waals surface area contributed by atoms with E-state index in [1.807, 2.05) is 0 Å². The molecule has 0 unspecified atom stereocenters. The highest BCUT2D eigenvalue weighted by Crippen LogP contribution is 2.23. The van der Waals surface area contributed by atoms with Gasteiger partial charge in [-0.3, -0.25) is 10.1 Å². The van der Waals surface area contributed by atoms with Crippen molar-refractivity contribution in [3.8, 4) is 11.4 Å². The molecule has 2 aromatic rings. The summed E-state index contributed by atoms with van der Waals surface area (Å²) in [6.07, 6.45) is 1.43. The van der Waals surface area contributed by atoms with Crippen LogP contribution in [0.4, 0.5) is 10.1 Å². The van der Waals surface area contributed by atoms with Crippen LogP contribution in [-0.2, 0) is 7.05 Å². The fraction of sp³-hybridized carbons (Fsp3) is 0.111. The van der Waals surface area contributed by atoms with Crippen molar-refractivity contribution in [1.29, 1.82) is 0 Å². The van der Waals surface area contributed by atoms with Gasteiger partial charge >= 0.3 is 0 Å². The molecule has 0 spiro atoms. The smallest absolute Gasteiger partial charge is 0.272 e. The van der Waals surface area contributed by atoms with Crippen LogP contribution in [0.15, 0.2) is 24.5 Å². The molecule has 0 radical (unpaired) electrons. The third-order valence-electron chi connectivity index (χ3n) is 2.12. The maximum absolute atomic E-state index is 13.6. The Kier molecular flexibility index (Phi) is 2.35. The summed E-state index contributed by atoms with van der Waals surface area (Å²) in [5, 5.41) is 17.8. The van der Waals surface area contributed by atoms with E-state index in [4.69, 9.17) is 0 Å². The Hall–Kier alpha value is -2.31. The molecule has 0 bridgehead atoms. The van der Waals surface area contributed by atoms with E-state index < -0.39 is 10.7 Å². The molecule has 1 aromatic carbocycles. The topological polar surface area (TPSA) is 73.8 Å². The van der Waals surface area contributed by atoms with E-state index >= 15 is 0 Å². The summed E-state index contributed by atoms with van der Waals surface area (Å²) < 4.78 is 15.1. The summed E-state index contributed by atoms with van der Waals surface area (Å²) in [4.78, 5) is 9.77. The summed E-state index contributed by atoms with van der Waals surface area (Å²) in [6.45, 7) is 0. The number of nitrogens with zero attached hydrogens (tertiary/aromatic N) is 4. The van der Waals surface area contributed by atoms with Gasteiger partial charge in [0.15, 0.2) is 5.82 Å². The van der Waals surface area contributed by atoms with Gasteiger partial charge in [-0.05, 0) is 6.07 Å². The minimum absolute atomic E-state index is 0.186. The first kappa shape index (κ1) is 10.2. The zero-order chi connectivity index (χ0) is 11.7. The van der Waals surface area contributed by atoms with Crippen molar-refractivity contribution in [3.63, 3.8) is 0 Å². The van der Waals surface area contributed by atoms with Crippen molar-refractivity contribution in [3.05, 3.63) is 40.5 Å². The molecule has 2 rings (SSSR count). The summed E-state index contributed by atoms with van der Waals surface area (Å²) in [5.41, 5.74) is -0.103. The van der Waals surface area contributed by atoms with Crippen LogP contribution in [0.2, 0.25) is 0 Å². The van der Waals surface area contributed by atoms with Crippen molar-refractivity contribution in [1.82, 2.24) is 14.8 Å². The van der Waals surface area contributed by atoms with E-state index in [1.54, 1.807) is 7.05 Å². The SMILES string of the molecule is Cn1cnnc1-c1ccc([N+](=O)[O-])cc1F. The first-order chi connectivity index (χ1) is 7.59. The van der Waals surface area contributed by atoms with Gasteiger partial charge in [-0.2, -0.15) is 0 Å². The maximum atomic E-state index is 13.6. The average molecular weight is 222 g/mol. The zero-order valence-electron chi connectivity index (χ0n) is 8.29. The lowest BCUT2D eigenvalue weighted by molar-refractivity contribution is -0.385. The van der Waals surface area contributed by atoms with Gasteiger partial charge in [0.2, 0.25) is 0 Å². The summed E-state index contributed by atoms with van der Waals surface area (Å²) in [5.74, 6) is -0.363. The number of rotatable bonds is 2. The van der Waals surface area contributed by atoms with Crippen molar-refractivity contribution >= 4 is 5.69 Å². The van der Waals surface area contributed by atoms with E-state index in [0.29, 0.717) is 5.82 Å². The molecule has 7 heteroatoms. The average Bonchev–Trinajstić information content (AvgIpc) is 2.64. The van der Waals surface area contributed by atoms with E-state index in [-0.39, 0.29) is 11.3 Å². The first-order valence-corrected chi connectivity index (χ1v) is 4.38. The molecule has 1 heterocycles. The molecule has 0 aliphatic rings. The van der Waals surface area contributed by atoms with Crippen LogP contribution < -0.4 is 0 Å². The van der Waals surface area contributed by atoms with Crippen LogP contribution >= 0.6 is 0 Å². The fourth-order valence-corrected chi connectivity index (χ4v) is 1.33. The van der Waals surface area contributed by atoms with Gasteiger partial charge < -0.3 is 4.57 Å². The van der Waals surface area contributed by atoms with E-state index in [9.17, 15) is 14.5 Å². The van der Waals surface area contributed by atoms with Gasteiger partial charge in [-0.25, -0.2) is 4.39 Å². The van der Waals surface area contributed by atoms with Crippen LogP contribution in [0, 0.1) is 15.9 Å². The van der Waals surface area contributed by atoms with Crippen LogP contribution in [0.3, 0.4) is 0 Å². The summed E-state index contributed by atoms with van der Waals surface area (Å²) in [7, 11) is 1.66. The molecule has 1 aromatic heterocycles. The standard InChI is InChI=1S/C9H7FN4O2/c1-13-5-11-12-9(13)7-3-2-6(14(15)16)4-8(7)10/h2-5H,1H3. The molecule has 0 aliphatic carbocycles. The van der Waals surface area contributed by atoms with Crippen LogP contribution in [0.25, 0.3) is 11.4 Å². The Balaban J connectivity index is 2.52. The number of benzene rings is 1. The minimum Gasteiger partial charge on any atom is -0.317 e. The van der Waals surface area contributed by atoms with Gasteiger partial charge in [-0.1, -0.05) is 0 Å². The first-order valence-electron chi connectivity index (χ1n) is 4.38. The van der Waals surface area contributed by atoms with Crippen molar-refractivity contribution in [2.24, 2.45) is 7.05 Å². The molecule has 0 fully saturated rings. The van der Waals surface area contributed by atoms with E-state index in [0.717, 1.165) is 6.07 Å². The molecule has 0 saturated heterocycles. The van der Waals surface area contributed by atoms with Gasteiger partial charge in [0, 0.05) is 13.1 Å². The lowest BCUT2D eigenvalue weighted by Crippen LogP contribution is -1.96. The van der Waals surface area contributed by atoms with Crippen molar-refractivity contribution < 1.29 is 9.31 Å². The molecular formula is C9H7FN4O2.